The predicted octanol–water partition coefficient (Wildman–Crippen LogP) is 2.14. The van der Waals surface area contributed by atoms with Crippen LogP contribution in [-0.4, -0.2) is 31.5 Å². The van der Waals surface area contributed by atoms with E-state index in [-0.39, 0.29) is 18.4 Å². The minimum atomic E-state index is -0.0334. The van der Waals surface area contributed by atoms with Crippen LogP contribution in [0.1, 0.15) is 51.8 Å². The molecule has 6 heteroatoms. The van der Waals surface area contributed by atoms with Crippen LogP contribution < -0.4 is 5.32 Å². The maximum absolute atomic E-state index is 12.0. The van der Waals surface area contributed by atoms with Crippen LogP contribution in [0.3, 0.4) is 0 Å². The Hall–Kier alpha value is -1.98. The first-order chi connectivity index (χ1) is 10.2. The van der Waals surface area contributed by atoms with Crippen molar-refractivity contribution >= 4 is 11.7 Å². The van der Waals surface area contributed by atoms with E-state index < -0.39 is 0 Å². The molecule has 21 heavy (non-hydrogen) atoms. The van der Waals surface area contributed by atoms with Crippen LogP contribution in [0.25, 0.3) is 5.78 Å². The van der Waals surface area contributed by atoms with E-state index in [4.69, 9.17) is 0 Å². The molecule has 1 N–H and O–H groups in total. The Morgan fingerprint density at radius 1 is 1.38 bits per heavy atom. The second-order valence-electron chi connectivity index (χ2n) is 5.39. The van der Waals surface area contributed by atoms with Crippen molar-refractivity contribution < 1.29 is 4.79 Å². The molecule has 0 aliphatic heterocycles. The lowest BCUT2D eigenvalue weighted by Gasteiger charge is -2.12. The SMILES string of the molecule is CCCCCC[C@@H](C)NC(=O)Cc1nc2ncccn2n1. The highest BCUT2D eigenvalue weighted by molar-refractivity contribution is 5.78. The minimum Gasteiger partial charge on any atom is -0.353 e. The van der Waals surface area contributed by atoms with Crippen molar-refractivity contribution in [2.75, 3.05) is 0 Å². The average molecular weight is 289 g/mol. The van der Waals surface area contributed by atoms with E-state index in [0.29, 0.717) is 11.6 Å². The van der Waals surface area contributed by atoms with Crippen LogP contribution in [0, 0.1) is 0 Å². The van der Waals surface area contributed by atoms with Crippen LogP contribution in [0.15, 0.2) is 18.5 Å². The maximum Gasteiger partial charge on any atom is 0.252 e. The summed E-state index contributed by atoms with van der Waals surface area (Å²) in [7, 11) is 0. The smallest absolute Gasteiger partial charge is 0.252 e. The lowest BCUT2D eigenvalue weighted by Crippen LogP contribution is -2.33. The number of rotatable bonds is 8. The third kappa shape index (κ3) is 4.81. The molecule has 0 radical (unpaired) electrons. The molecule has 1 amide bonds. The molecule has 0 saturated carbocycles. The summed E-state index contributed by atoms with van der Waals surface area (Å²) in [5, 5.41) is 7.23. The number of carbonyl (C=O) groups excluding carboxylic acids is 1. The topological polar surface area (TPSA) is 72.2 Å². The van der Waals surface area contributed by atoms with Gasteiger partial charge in [-0.3, -0.25) is 4.79 Å². The number of carbonyl (C=O) groups is 1. The molecular weight excluding hydrogens is 266 g/mol. The minimum absolute atomic E-state index is 0.0334. The van der Waals surface area contributed by atoms with Gasteiger partial charge in [0.25, 0.3) is 5.78 Å². The largest absolute Gasteiger partial charge is 0.353 e. The van der Waals surface area contributed by atoms with Crippen molar-refractivity contribution in [3.63, 3.8) is 0 Å². The quantitative estimate of drug-likeness (QED) is 0.756. The van der Waals surface area contributed by atoms with Crippen LogP contribution in [0.2, 0.25) is 0 Å². The maximum atomic E-state index is 12.0. The molecule has 0 bridgehead atoms. The first-order valence-corrected chi connectivity index (χ1v) is 7.64. The summed E-state index contributed by atoms with van der Waals surface area (Å²) < 4.78 is 1.58. The third-order valence-corrected chi connectivity index (χ3v) is 3.38. The first kappa shape index (κ1) is 15.4. The monoisotopic (exact) mass is 289 g/mol. The molecule has 1 atom stereocenters. The second kappa shape index (κ2) is 7.71. The first-order valence-electron chi connectivity index (χ1n) is 7.64. The number of aromatic nitrogens is 4. The van der Waals surface area contributed by atoms with Gasteiger partial charge >= 0.3 is 0 Å². The molecule has 6 nitrogen and oxygen atoms in total. The molecule has 114 valence electrons. The Kier molecular flexibility index (Phi) is 5.66. The zero-order valence-corrected chi connectivity index (χ0v) is 12.7. The molecule has 0 aliphatic rings. The molecule has 2 rings (SSSR count). The van der Waals surface area contributed by atoms with Gasteiger partial charge in [0.1, 0.15) is 0 Å². The van der Waals surface area contributed by atoms with E-state index in [1.165, 1.54) is 19.3 Å². The van der Waals surface area contributed by atoms with Crippen molar-refractivity contribution in [3.05, 3.63) is 24.3 Å². The number of nitrogens with zero attached hydrogens (tertiary/aromatic N) is 4. The third-order valence-electron chi connectivity index (χ3n) is 3.38. The average Bonchev–Trinajstić information content (AvgIpc) is 2.85. The van der Waals surface area contributed by atoms with E-state index in [9.17, 15) is 4.79 Å². The summed E-state index contributed by atoms with van der Waals surface area (Å²) in [6, 6.07) is 1.98. The van der Waals surface area contributed by atoms with Gasteiger partial charge in [0, 0.05) is 18.4 Å². The van der Waals surface area contributed by atoms with Gasteiger partial charge in [-0.25, -0.2) is 9.50 Å². The molecule has 2 aromatic rings. The van der Waals surface area contributed by atoms with Crippen LogP contribution in [-0.2, 0) is 11.2 Å². The lowest BCUT2D eigenvalue weighted by molar-refractivity contribution is -0.121. The summed E-state index contributed by atoms with van der Waals surface area (Å²) in [4.78, 5) is 20.3. The lowest BCUT2D eigenvalue weighted by atomic mass is 10.1. The van der Waals surface area contributed by atoms with Gasteiger partial charge in [0.05, 0.1) is 6.42 Å². The highest BCUT2D eigenvalue weighted by Crippen LogP contribution is 2.05. The van der Waals surface area contributed by atoms with Crippen molar-refractivity contribution in [2.45, 2.75) is 58.4 Å². The molecule has 0 spiro atoms. The Morgan fingerprint density at radius 2 is 2.24 bits per heavy atom. The zero-order chi connectivity index (χ0) is 15.1. The number of amides is 1. The van der Waals surface area contributed by atoms with E-state index >= 15 is 0 Å². The van der Waals surface area contributed by atoms with Gasteiger partial charge < -0.3 is 5.32 Å². The summed E-state index contributed by atoms with van der Waals surface area (Å²) in [6.07, 6.45) is 9.53. The summed E-state index contributed by atoms with van der Waals surface area (Å²) in [5.41, 5.74) is 0. The standard InChI is InChI=1S/C15H23N5O/c1-3-4-5-6-8-12(2)17-14(21)11-13-18-15-16-9-7-10-20(15)19-13/h7,9-10,12H,3-6,8,11H2,1-2H3,(H,17,21)/t12-/m1/s1. The van der Waals surface area contributed by atoms with Gasteiger partial charge in [-0.1, -0.05) is 32.6 Å². The molecule has 0 saturated heterocycles. The van der Waals surface area contributed by atoms with Crippen LogP contribution >= 0.6 is 0 Å². The highest BCUT2D eigenvalue weighted by atomic mass is 16.1. The molecule has 2 aromatic heterocycles. The van der Waals surface area contributed by atoms with Gasteiger partial charge in [0.15, 0.2) is 5.82 Å². The van der Waals surface area contributed by atoms with Crippen molar-refractivity contribution in [2.24, 2.45) is 0 Å². The van der Waals surface area contributed by atoms with Crippen molar-refractivity contribution in [3.8, 4) is 0 Å². The van der Waals surface area contributed by atoms with Crippen molar-refractivity contribution in [1.82, 2.24) is 24.9 Å². The van der Waals surface area contributed by atoms with Crippen LogP contribution in [0.4, 0.5) is 0 Å². The molecule has 0 aliphatic carbocycles. The number of hydrogen-bond acceptors (Lipinski definition) is 4. The fourth-order valence-corrected chi connectivity index (χ4v) is 2.27. The fraction of sp³-hybridized carbons (Fsp3) is 0.600. The van der Waals surface area contributed by atoms with Gasteiger partial charge in [0.2, 0.25) is 5.91 Å². The fourth-order valence-electron chi connectivity index (χ4n) is 2.27. The van der Waals surface area contributed by atoms with E-state index in [0.717, 1.165) is 12.8 Å². The Labute approximate surface area is 125 Å². The Morgan fingerprint density at radius 3 is 3.00 bits per heavy atom. The zero-order valence-electron chi connectivity index (χ0n) is 12.7. The Bertz CT molecular complexity index is 547. The highest BCUT2D eigenvalue weighted by Gasteiger charge is 2.12. The molecule has 0 aromatic carbocycles. The van der Waals surface area contributed by atoms with Gasteiger partial charge in [-0.2, -0.15) is 4.98 Å². The van der Waals surface area contributed by atoms with E-state index in [1.807, 2.05) is 6.92 Å². The normalized spacial score (nSPS) is 12.5. The summed E-state index contributed by atoms with van der Waals surface area (Å²) in [6.45, 7) is 4.24. The molecular formula is C15H23N5O. The Balaban J connectivity index is 1.78. The van der Waals surface area contributed by atoms with Crippen molar-refractivity contribution in [1.29, 1.82) is 0 Å². The molecule has 0 fully saturated rings. The molecule has 2 heterocycles. The van der Waals surface area contributed by atoms with Gasteiger partial charge in [-0.15, -0.1) is 5.10 Å². The van der Waals surface area contributed by atoms with E-state index in [2.05, 4.69) is 27.3 Å². The van der Waals surface area contributed by atoms with Gasteiger partial charge in [-0.05, 0) is 19.4 Å². The predicted molar refractivity (Wildman–Crippen MR) is 80.8 cm³/mol. The number of hydrogen-bond donors (Lipinski definition) is 1. The summed E-state index contributed by atoms with van der Waals surface area (Å²) in [5.74, 6) is 0.992. The summed E-state index contributed by atoms with van der Waals surface area (Å²) >= 11 is 0. The number of nitrogens with one attached hydrogen (secondary N) is 1. The van der Waals surface area contributed by atoms with Crippen LogP contribution in [0.5, 0.6) is 0 Å². The number of fused-ring (bicyclic) bond motifs is 1. The second-order valence-corrected chi connectivity index (χ2v) is 5.39. The molecule has 0 unspecified atom stereocenters. The number of unbranched alkanes of at least 4 members (excludes halogenated alkanes) is 3. The van der Waals surface area contributed by atoms with E-state index in [1.54, 1.807) is 23.0 Å².